The lowest BCUT2D eigenvalue weighted by molar-refractivity contribution is 0.0768. The van der Waals surface area contributed by atoms with Crippen LogP contribution in [0.1, 0.15) is 31.5 Å². The molecule has 0 bridgehead atoms. The van der Waals surface area contributed by atoms with E-state index in [1.54, 1.807) is 4.57 Å². The van der Waals surface area contributed by atoms with Gasteiger partial charge in [0.25, 0.3) is 14.2 Å². The summed E-state index contributed by atoms with van der Waals surface area (Å²) in [5.74, 6) is 0.745. The molecule has 2 rings (SSSR count). The Morgan fingerprint density at radius 1 is 1.53 bits per heavy atom. The predicted octanol–water partition coefficient (Wildman–Crippen LogP) is 1.12. The van der Waals surface area contributed by atoms with Crippen molar-refractivity contribution in [1.29, 1.82) is 0 Å². The van der Waals surface area contributed by atoms with E-state index in [2.05, 4.69) is 10.2 Å². The van der Waals surface area contributed by atoms with Crippen molar-refractivity contribution in [1.82, 2.24) is 14.8 Å². The van der Waals surface area contributed by atoms with Gasteiger partial charge in [0, 0.05) is 29.8 Å². The van der Waals surface area contributed by atoms with E-state index in [-0.39, 0.29) is 11.1 Å². The van der Waals surface area contributed by atoms with E-state index in [1.807, 2.05) is 6.92 Å². The fourth-order valence-corrected chi connectivity index (χ4v) is 2.99. The van der Waals surface area contributed by atoms with E-state index < -0.39 is 9.05 Å². The van der Waals surface area contributed by atoms with E-state index in [0.29, 0.717) is 19.0 Å². The highest BCUT2D eigenvalue weighted by Gasteiger charge is 2.27. The lowest BCUT2D eigenvalue weighted by Gasteiger charge is -2.21. The van der Waals surface area contributed by atoms with Crippen molar-refractivity contribution in [2.45, 2.75) is 37.4 Å². The Balaban J connectivity index is 2.38. The van der Waals surface area contributed by atoms with Gasteiger partial charge in [-0.2, -0.15) is 0 Å². The van der Waals surface area contributed by atoms with Crippen LogP contribution in [0.5, 0.6) is 0 Å². The number of rotatable bonds is 3. The molecule has 1 aromatic rings. The molecule has 0 spiro atoms. The van der Waals surface area contributed by atoms with Crippen molar-refractivity contribution >= 4 is 19.7 Å². The molecule has 1 aliphatic rings. The second kappa shape index (κ2) is 4.91. The molecule has 0 aromatic carbocycles. The molecular formula is C9H14ClN3O3S. The summed E-state index contributed by atoms with van der Waals surface area (Å²) in [5.41, 5.74) is 0. The van der Waals surface area contributed by atoms with Crippen molar-refractivity contribution in [3.63, 3.8) is 0 Å². The summed E-state index contributed by atoms with van der Waals surface area (Å²) in [7, 11) is 1.47. The standard InChI is InChI=1S/C9H14ClN3O3S/c1-2-13-8(7-4-3-5-16-6-7)11-12-9(13)17(10,14)15/h7H,2-6H2,1H3. The zero-order chi connectivity index (χ0) is 12.5. The Hall–Kier alpha value is -0.660. The molecule has 2 heterocycles. The quantitative estimate of drug-likeness (QED) is 0.775. The summed E-state index contributed by atoms with van der Waals surface area (Å²) in [6.45, 7) is 3.61. The van der Waals surface area contributed by atoms with Crippen molar-refractivity contribution in [3.8, 4) is 0 Å². The third kappa shape index (κ3) is 2.61. The first kappa shape index (κ1) is 12.8. The highest BCUT2D eigenvalue weighted by atomic mass is 35.7. The van der Waals surface area contributed by atoms with E-state index in [0.717, 1.165) is 19.4 Å². The van der Waals surface area contributed by atoms with Crippen LogP contribution >= 0.6 is 10.7 Å². The molecule has 1 aromatic heterocycles. The van der Waals surface area contributed by atoms with Crippen LogP contribution in [0.25, 0.3) is 0 Å². The van der Waals surface area contributed by atoms with Gasteiger partial charge in [0.2, 0.25) is 0 Å². The Labute approximate surface area is 104 Å². The normalized spacial score (nSPS) is 21.6. The van der Waals surface area contributed by atoms with Gasteiger partial charge in [0.05, 0.1) is 6.61 Å². The zero-order valence-electron chi connectivity index (χ0n) is 9.47. The van der Waals surface area contributed by atoms with E-state index in [4.69, 9.17) is 15.4 Å². The molecule has 1 saturated heterocycles. The Bertz CT molecular complexity index is 494. The molecule has 1 fully saturated rings. The van der Waals surface area contributed by atoms with Crippen LogP contribution in [0, 0.1) is 0 Å². The summed E-state index contributed by atoms with van der Waals surface area (Å²) >= 11 is 0. The van der Waals surface area contributed by atoms with Crippen LogP contribution in [0.2, 0.25) is 0 Å². The summed E-state index contributed by atoms with van der Waals surface area (Å²) < 4.78 is 29.5. The maximum absolute atomic E-state index is 11.3. The van der Waals surface area contributed by atoms with Crippen LogP contribution in [0.4, 0.5) is 0 Å². The van der Waals surface area contributed by atoms with Gasteiger partial charge >= 0.3 is 0 Å². The molecule has 96 valence electrons. The minimum atomic E-state index is -3.84. The summed E-state index contributed by atoms with van der Waals surface area (Å²) in [5, 5.41) is 7.44. The average molecular weight is 280 g/mol. The first-order chi connectivity index (χ1) is 8.04. The third-order valence-corrected chi connectivity index (χ3v) is 3.96. The SMILES string of the molecule is CCn1c(C2CCCOC2)nnc1S(=O)(=O)Cl. The molecule has 0 N–H and O–H groups in total. The highest BCUT2D eigenvalue weighted by molar-refractivity contribution is 8.13. The fourth-order valence-electron chi connectivity index (χ4n) is 2.02. The molecule has 0 radical (unpaired) electrons. The van der Waals surface area contributed by atoms with Crippen LogP contribution in [0.3, 0.4) is 0 Å². The van der Waals surface area contributed by atoms with Gasteiger partial charge in [-0.05, 0) is 19.8 Å². The van der Waals surface area contributed by atoms with Gasteiger partial charge < -0.3 is 9.30 Å². The lowest BCUT2D eigenvalue weighted by Crippen LogP contribution is -2.20. The Morgan fingerprint density at radius 3 is 2.82 bits per heavy atom. The third-order valence-electron chi connectivity index (χ3n) is 2.81. The molecule has 1 atom stereocenters. The largest absolute Gasteiger partial charge is 0.381 e. The Kier molecular flexibility index (Phi) is 3.70. The van der Waals surface area contributed by atoms with E-state index >= 15 is 0 Å². The highest BCUT2D eigenvalue weighted by Crippen LogP contribution is 2.26. The van der Waals surface area contributed by atoms with Gasteiger partial charge in [0.15, 0.2) is 0 Å². The summed E-state index contributed by atoms with van der Waals surface area (Å²) in [6, 6.07) is 0. The summed E-state index contributed by atoms with van der Waals surface area (Å²) in [6.07, 6.45) is 1.88. The molecule has 1 aliphatic heterocycles. The molecule has 17 heavy (non-hydrogen) atoms. The lowest BCUT2D eigenvalue weighted by atomic mass is 10.0. The molecular weight excluding hydrogens is 266 g/mol. The number of halogens is 1. The minimum Gasteiger partial charge on any atom is -0.381 e. The predicted molar refractivity (Wildman–Crippen MR) is 61.5 cm³/mol. The average Bonchev–Trinajstić information content (AvgIpc) is 2.73. The van der Waals surface area contributed by atoms with Crippen molar-refractivity contribution < 1.29 is 13.2 Å². The molecule has 0 aliphatic carbocycles. The maximum Gasteiger partial charge on any atom is 0.296 e. The fraction of sp³-hybridized carbons (Fsp3) is 0.778. The molecule has 8 heteroatoms. The topological polar surface area (TPSA) is 74.1 Å². The second-order valence-electron chi connectivity index (χ2n) is 3.94. The molecule has 6 nitrogen and oxygen atoms in total. The van der Waals surface area contributed by atoms with E-state index in [9.17, 15) is 8.42 Å². The maximum atomic E-state index is 11.3. The van der Waals surface area contributed by atoms with Crippen molar-refractivity contribution in [2.24, 2.45) is 0 Å². The first-order valence-corrected chi connectivity index (χ1v) is 7.80. The monoisotopic (exact) mass is 279 g/mol. The number of hydrogen-bond acceptors (Lipinski definition) is 5. The first-order valence-electron chi connectivity index (χ1n) is 5.49. The molecule has 0 saturated carbocycles. The van der Waals surface area contributed by atoms with Crippen molar-refractivity contribution in [2.75, 3.05) is 13.2 Å². The minimum absolute atomic E-state index is 0.100. The van der Waals surface area contributed by atoms with E-state index in [1.165, 1.54) is 0 Å². The van der Waals surface area contributed by atoms with Gasteiger partial charge in [0.1, 0.15) is 5.82 Å². The molecule has 1 unspecified atom stereocenters. The summed E-state index contributed by atoms with van der Waals surface area (Å²) in [4.78, 5) is 0. The van der Waals surface area contributed by atoms with Crippen LogP contribution in [-0.2, 0) is 20.3 Å². The van der Waals surface area contributed by atoms with Gasteiger partial charge in [-0.25, -0.2) is 8.42 Å². The van der Waals surface area contributed by atoms with Gasteiger partial charge in [-0.1, -0.05) is 0 Å². The molecule has 0 amide bonds. The number of aromatic nitrogens is 3. The zero-order valence-corrected chi connectivity index (χ0v) is 11.0. The van der Waals surface area contributed by atoms with Crippen LogP contribution < -0.4 is 0 Å². The second-order valence-corrected chi connectivity index (χ2v) is 6.40. The smallest absolute Gasteiger partial charge is 0.296 e. The number of hydrogen-bond donors (Lipinski definition) is 0. The van der Waals surface area contributed by atoms with Gasteiger partial charge in [-0.15, -0.1) is 10.2 Å². The number of ether oxygens (including phenoxy) is 1. The van der Waals surface area contributed by atoms with Crippen molar-refractivity contribution in [3.05, 3.63) is 5.82 Å². The van der Waals surface area contributed by atoms with Crippen LogP contribution in [-0.4, -0.2) is 36.4 Å². The van der Waals surface area contributed by atoms with Crippen LogP contribution in [0.15, 0.2) is 5.16 Å². The van der Waals surface area contributed by atoms with Gasteiger partial charge in [-0.3, -0.25) is 0 Å². The number of nitrogens with zero attached hydrogens (tertiary/aromatic N) is 3. The Morgan fingerprint density at radius 2 is 2.29 bits per heavy atom.